The van der Waals surface area contributed by atoms with E-state index in [-0.39, 0.29) is 12.1 Å². The number of pyridine rings is 1. The van der Waals surface area contributed by atoms with Gasteiger partial charge < -0.3 is 15.4 Å². The summed E-state index contributed by atoms with van der Waals surface area (Å²) in [7, 11) is 4.04. The number of hydrogen-bond acceptors (Lipinski definition) is 4. The van der Waals surface area contributed by atoms with E-state index in [1.807, 2.05) is 34.0 Å². The summed E-state index contributed by atoms with van der Waals surface area (Å²) in [6.07, 6.45) is 3.63. The maximum Gasteiger partial charge on any atom is 0.138 e. The first-order valence-electron chi connectivity index (χ1n) is 7.12. The number of rotatable bonds is 5. The second kappa shape index (κ2) is 6.59. The van der Waals surface area contributed by atoms with Crippen LogP contribution in [0.4, 0.5) is 5.69 Å². The summed E-state index contributed by atoms with van der Waals surface area (Å²) in [5, 5.41) is 0. The third-order valence-electron chi connectivity index (χ3n) is 3.23. The minimum absolute atomic E-state index is 0.123. The summed E-state index contributed by atoms with van der Waals surface area (Å²) in [6.45, 7) is 3.99. The molecule has 0 saturated heterocycles. The van der Waals surface area contributed by atoms with Crippen molar-refractivity contribution in [1.29, 1.82) is 0 Å². The third-order valence-corrected chi connectivity index (χ3v) is 3.23. The Balaban J connectivity index is 2.20. The van der Waals surface area contributed by atoms with Gasteiger partial charge in [0.25, 0.3) is 0 Å². The monoisotopic (exact) mass is 285 g/mol. The fourth-order valence-electron chi connectivity index (χ4n) is 2.11. The van der Waals surface area contributed by atoms with E-state index in [0.717, 1.165) is 22.6 Å². The van der Waals surface area contributed by atoms with E-state index in [2.05, 4.69) is 34.1 Å². The van der Waals surface area contributed by atoms with Crippen molar-refractivity contribution in [3.63, 3.8) is 0 Å². The van der Waals surface area contributed by atoms with E-state index in [1.54, 1.807) is 12.4 Å². The van der Waals surface area contributed by atoms with Crippen molar-refractivity contribution in [2.75, 3.05) is 19.0 Å². The normalized spacial score (nSPS) is 12.3. The highest BCUT2D eigenvalue weighted by atomic mass is 16.5. The van der Waals surface area contributed by atoms with Crippen LogP contribution in [-0.2, 0) is 0 Å². The number of nitrogens with two attached hydrogens (primary N) is 1. The van der Waals surface area contributed by atoms with Crippen LogP contribution in [-0.4, -0.2) is 25.2 Å². The minimum atomic E-state index is -0.204. The fraction of sp³-hybridized carbons (Fsp3) is 0.353. The van der Waals surface area contributed by atoms with Crippen LogP contribution in [0.5, 0.6) is 5.75 Å². The minimum Gasteiger partial charge on any atom is -0.489 e. The van der Waals surface area contributed by atoms with Crippen molar-refractivity contribution < 1.29 is 4.74 Å². The molecule has 0 saturated carbocycles. The zero-order chi connectivity index (χ0) is 15.4. The maximum absolute atomic E-state index is 6.33. The molecular formula is C17H23N3O. The van der Waals surface area contributed by atoms with E-state index in [4.69, 9.17) is 10.5 Å². The van der Waals surface area contributed by atoms with E-state index in [1.165, 1.54) is 0 Å². The molecule has 0 aliphatic carbocycles. The zero-order valence-electron chi connectivity index (χ0n) is 13.1. The molecule has 0 fully saturated rings. The lowest BCUT2D eigenvalue weighted by Gasteiger charge is -2.17. The number of nitrogens with zero attached hydrogens (tertiary/aromatic N) is 2. The number of anilines is 1. The maximum atomic E-state index is 6.33. The van der Waals surface area contributed by atoms with Crippen molar-refractivity contribution in [2.45, 2.75) is 26.0 Å². The lowest BCUT2D eigenvalue weighted by molar-refractivity contribution is 0.241. The smallest absolute Gasteiger partial charge is 0.138 e. The van der Waals surface area contributed by atoms with Crippen molar-refractivity contribution in [1.82, 2.24) is 4.98 Å². The van der Waals surface area contributed by atoms with Crippen LogP contribution in [0.2, 0.25) is 0 Å². The molecule has 2 aromatic rings. The summed E-state index contributed by atoms with van der Waals surface area (Å²) in [5.74, 6) is 0.753. The predicted molar refractivity (Wildman–Crippen MR) is 86.8 cm³/mol. The second-order valence-corrected chi connectivity index (χ2v) is 5.58. The predicted octanol–water partition coefficient (Wildman–Crippen LogP) is 2.98. The molecule has 0 bridgehead atoms. The molecule has 1 atom stereocenters. The Labute approximate surface area is 126 Å². The molecule has 0 amide bonds. The fourth-order valence-corrected chi connectivity index (χ4v) is 2.11. The zero-order valence-corrected chi connectivity index (χ0v) is 13.1. The van der Waals surface area contributed by atoms with Crippen LogP contribution < -0.4 is 15.4 Å². The van der Waals surface area contributed by atoms with Gasteiger partial charge in [-0.05, 0) is 43.2 Å². The molecule has 21 heavy (non-hydrogen) atoms. The summed E-state index contributed by atoms with van der Waals surface area (Å²) in [4.78, 5) is 6.28. The van der Waals surface area contributed by atoms with Gasteiger partial charge in [0.1, 0.15) is 5.75 Å². The molecule has 2 N–H and O–H groups in total. The molecule has 1 heterocycles. The Hall–Kier alpha value is -2.07. The van der Waals surface area contributed by atoms with Crippen molar-refractivity contribution in [2.24, 2.45) is 5.73 Å². The summed E-state index contributed by atoms with van der Waals surface area (Å²) in [6, 6.07) is 9.99. The largest absolute Gasteiger partial charge is 0.489 e. The third kappa shape index (κ3) is 3.95. The Morgan fingerprint density at radius 2 is 1.71 bits per heavy atom. The summed E-state index contributed by atoms with van der Waals surface area (Å²) in [5.41, 5.74) is 9.50. The van der Waals surface area contributed by atoms with Crippen LogP contribution >= 0.6 is 0 Å². The highest BCUT2D eigenvalue weighted by Gasteiger charge is 2.11. The second-order valence-electron chi connectivity index (χ2n) is 5.58. The quantitative estimate of drug-likeness (QED) is 0.917. The van der Waals surface area contributed by atoms with Gasteiger partial charge in [-0.1, -0.05) is 12.1 Å². The molecule has 0 aliphatic rings. The molecule has 0 spiro atoms. The van der Waals surface area contributed by atoms with Crippen molar-refractivity contribution in [3.05, 3.63) is 53.9 Å². The van der Waals surface area contributed by atoms with Crippen LogP contribution in [0.1, 0.15) is 31.0 Å². The van der Waals surface area contributed by atoms with E-state index in [9.17, 15) is 0 Å². The van der Waals surface area contributed by atoms with Gasteiger partial charge in [-0.15, -0.1) is 0 Å². The average molecular weight is 285 g/mol. The molecule has 1 aromatic carbocycles. The Kier molecular flexibility index (Phi) is 4.81. The molecule has 2 rings (SSSR count). The van der Waals surface area contributed by atoms with Gasteiger partial charge in [-0.25, -0.2) is 0 Å². The first kappa shape index (κ1) is 15.3. The number of hydrogen-bond donors (Lipinski definition) is 1. The van der Waals surface area contributed by atoms with Crippen LogP contribution in [0.25, 0.3) is 0 Å². The molecule has 4 heteroatoms. The number of benzene rings is 1. The highest BCUT2D eigenvalue weighted by molar-refractivity contribution is 5.47. The summed E-state index contributed by atoms with van der Waals surface area (Å²) >= 11 is 0. The summed E-state index contributed by atoms with van der Waals surface area (Å²) < 4.78 is 5.67. The molecular weight excluding hydrogens is 262 g/mol. The topological polar surface area (TPSA) is 51.4 Å². The van der Waals surface area contributed by atoms with Gasteiger partial charge in [0, 0.05) is 26.0 Å². The number of aromatic nitrogens is 1. The molecule has 112 valence electrons. The van der Waals surface area contributed by atoms with E-state index in [0.29, 0.717) is 0 Å². The Morgan fingerprint density at radius 3 is 2.29 bits per heavy atom. The standard InChI is InChI=1S/C17H23N3O/c1-12(2)21-16-9-14(10-19-11-16)17(18)13-5-7-15(8-6-13)20(3)4/h5-12,17H,18H2,1-4H3. The van der Waals surface area contributed by atoms with Gasteiger partial charge in [0.05, 0.1) is 18.3 Å². The Bertz CT molecular complexity index is 579. The SMILES string of the molecule is CC(C)Oc1cncc(C(N)c2ccc(N(C)C)cc2)c1. The number of ether oxygens (including phenoxy) is 1. The molecule has 0 aliphatic heterocycles. The van der Waals surface area contributed by atoms with Gasteiger partial charge in [-0.2, -0.15) is 0 Å². The molecule has 4 nitrogen and oxygen atoms in total. The van der Waals surface area contributed by atoms with Crippen LogP contribution in [0.15, 0.2) is 42.7 Å². The molecule has 0 radical (unpaired) electrons. The van der Waals surface area contributed by atoms with Crippen LogP contribution in [0.3, 0.4) is 0 Å². The highest BCUT2D eigenvalue weighted by Crippen LogP contribution is 2.24. The van der Waals surface area contributed by atoms with Gasteiger partial charge in [0.2, 0.25) is 0 Å². The van der Waals surface area contributed by atoms with E-state index >= 15 is 0 Å². The van der Waals surface area contributed by atoms with Crippen LogP contribution in [0, 0.1) is 0 Å². The van der Waals surface area contributed by atoms with Gasteiger partial charge >= 0.3 is 0 Å². The van der Waals surface area contributed by atoms with E-state index < -0.39 is 0 Å². The lowest BCUT2D eigenvalue weighted by Crippen LogP contribution is -2.14. The Morgan fingerprint density at radius 1 is 1.05 bits per heavy atom. The van der Waals surface area contributed by atoms with Gasteiger partial charge in [-0.3, -0.25) is 4.98 Å². The average Bonchev–Trinajstić information content (AvgIpc) is 2.46. The first-order chi connectivity index (χ1) is 9.97. The first-order valence-corrected chi connectivity index (χ1v) is 7.12. The van der Waals surface area contributed by atoms with Crippen molar-refractivity contribution >= 4 is 5.69 Å². The molecule has 1 aromatic heterocycles. The van der Waals surface area contributed by atoms with Gasteiger partial charge in [0.15, 0.2) is 0 Å². The van der Waals surface area contributed by atoms with Crippen molar-refractivity contribution in [3.8, 4) is 5.75 Å². The lowest BCUT2D eigenvalue weighted by atomic mass is 10.0. The molecule has 1 unspecified atom stereocenters.